The number of aromatic hydroxyl groups is 1. The fourth-order valence-corrected chi connectivity index (χ4v) is 3.54. The van der Waals surface area contributed by atoms with Crippen molar-refractivity contribution in [1.82, 2.24) is 14.5 Å². The summed E-state index contributed by atoms with van der Waals surface area (Å²) in [5.74, 6) is 0.0184. The van der Waals surface area contributed by atoms with Gasteiger partial charge in [-0.1, -0.05) is 17.7 Å². The highest BCUT2D eigenvalue weighted by molar-refractivity contribution is 6.30. The average Bonchev–Trinajstić information content (AvgIpc) is 3.11. The Morgan fingerprint density at radius 3 is 2.91 bits per heavy atom. The van der Waals surface area contributed by atoms with Crippen molar-refractivity contribution in [3.8, 4) is 11.6 Å². The van der Waals surface area contributed by atoms with Crippen LogP contribution >= 0.6 is 11.6 Å². The molecule has 23 heavy (non-hydrogen) atoms. The number of anilines is 1. The van der Waals surface area contributed by atoms with E-state index in [1.165, 1.54) is 6.33 Å². The summed E-state index contributed by atoms with van der Waals surface area (Å²) >= 11 is 6.13. The predicted octanol–water partition coefficient (Wildman–Crippen LogP) is 3.77. The highest BCUT2D eigenvalue weighted by Gasteiger charge is 2.26. The van der Waals surface area contributed by atoms with Crippen LogP contribution < -0.4 is 4.90 Å². The first-order valence-corrected chi connectivity index (χ1v) is 8.10. The van der Waals surface area contributed by atoms with Crippen LogP contribution in [0.1, 0.15) is 19.8 Å². The Morgan fingerprint density at radius 1 is 1.30 bits per heavy atom. The van der Waals surface area contributed by atoms with E-state index in [-0.39, 0.29) is 5.88 Å². The molecule has 6 heteroatoms. The van der Waals surface area contributed by atoms with Gasteiger partial charge in [-0.25, -0.2) is 9.97 Å². The molecule has 3 heterocycles. The van der Waals surface area contributed by atoms with Gasteiger partial charge in [-0.15, -0.1) is 0 Å². The zero-order valence-electron chi connectivity index (χ0n) is 12.8. The average molecular weight is 329 g/mol. The van der Waals surface area contributed by atoms with Crippen molar-refractivity contribution in [1.29, 1.82) is 0 Å². The molecule has 1 N–H and O–H groups in total. The van der Waals surface area contributed by atoms with E-state index >= 15 is 0 Å². The monoisotopic (exact) mass is 328 g/mol. The lowest BCUT2D eigenvalue weighted by Crippen LogP contribution is -2.25. The van der Waals surface area contributed by atoms with Gasteiger partial charge in [0.1, 0.15) is 11.7 Å². The van der Waals surface area contributed by atoms with E-state index in [9.17, 15) is 5.11 Å². The second-order valence-corrected chi connectivity index (χ2v) is 6.38. The van der Waals surface area contributed by atoms with Crippen LogP contribution in [0.25, 0.3) is 16.7 Å². The molecule has 5 nitrogen and oxygen atoms in total. The van der Waals surface area contributed by atoms with Crippen LogP contribution in [0.5, 0.6) is 5.88 Å². The highest BCUT2D eigenvalue weighted by atomic mass is 35.5. The summed E-state index contributed by atoms with van der Waals surface area (Å²) in [6.45, 7) is 3.18. The van der Waals surface area contributed by atoms with E-state index in [1.807, 2.05) is 35.0 Å². The Hall–Kier alpha value is -2.27. The molecule has 0 saturated carbocycles. The number of hydrogen-bond acceptors (Lipinski definition) is 4. The minimum absolute atomic E-state index is 0.0184. The van der Waals surface area contributed by atoms with Crippen LogP contribution in [0.2, 0.25) is 5.02 Å². The third kappa shape index (κ3) is 2.32. The molecule has 1 saturated heterocycles. The van der Waals surface area contributed by atoms with Crippen LogP contribution in [0.4, 0.5) is 5.69 Å². The minimum Gasteiger partial charge on any atom is -0.493 e. The third-order valence-electron chi connectivity index (χ3n) is 4.49. The van der Waals surface area contributed by atoms with Crippen molar-refractivity contribution in [3.05, 3.63) is 41.8 Å². The zero-order valence-corrected chi connectivity index (χ0v) is 13.5. The lowest BCUT2D eigenvalue weighted by Gasteiger charge is -2.22. The number of rotatable bonds is 2. The molecule has 0 aliphatic carbocycles. The summed E-state index contributed by atoms with van der Waals surface area (Å²) in [6, 6.07) is 8.04. The molecule has 0 bridgehead atoms. The van der Waals surface area contributed by atoms with Gasteiger partial charge in [0, 0.05) is 29.5 Å². The van der Waals surface area contributed by atoms with Gasteiger partial charge in [0.25, 0.3) is 0 Å². The van der Waals surface area contributed by atoms with E-state index in [0.29, 0.717) is 22.1 Å². The lowest BCUT2D eigenvalue weighted by molar-refractivity contribution is 0.459. The van der Waals surface area contributed by atoms with Gasteiger partial charge in [-0.3, -0.25) is 4.57 Å². The number of nitrogens with zero attached hydrogens (tertiary/aromatic N) is 4. The van der Waals surface area contributed by atoms with Crippen molar-refractivity contribution >= 4 is 28.3 Å². The Balaban J connectivity index is 1.97. The van der Waals surface area contributed by atoms with E-state index in [1.54, 1.807) is 0 Å². The Labute approximate surface area is 139 Å². The molecule has 0 radical (unpaired) electrons. The molecular formula is C17H17ClN4O. The Morgan fingerprint density at radius 2 is 2.17 bits per heavy atom. The van der Waals surface area contributed by atoms with E-state index < -0.39 is 0 Å². The summed E-state index contributed by atoms with van der Waals surface area (Å²) in [4.78, 5) is 10.7. The largest absolute Gasteiger partial charge is 0.493 e. The first kappa shape index (κ1) is 14.3. The quantitative estimate of drug-likeness (QED) is 0.778. The van der Waals surface area contributed by atoms with Crippen molar-refractivity contribution in [3.63, 3.8) is 0 Å². The molecule has 1 fully saturated rings. The first-order valence-electron chi connectivity index (χ1n) is 7.73. The van der Waals surface area contributed by atoms with Crippen LogP contribution in [-0.2, 0) is 0 Å². The fraction of sp³-hybridized carbons (Fsp3) is 0.294. The molecule has 0 unspecified atom stereocenters. The Kier molecular flexibility index (Phi) is 3.38. The molecule has 1 aliphatic rings. The van der Waals surface area contributed by atoms with Gasteiger partial charge < -0.3 is 10.0 Å². The van der Waals surface area contributed by atoms with Gasteiger partial charge in [0.05, 0.1) is 5.69 Å². The van der Waals surface area contributed by atoms with Crippen molar-refractivity contribution in [2.75, 3.05) is 11.4 Å². The molecule has 118 valence electrons. The number of aromatic nitrogens is 3. The normalized spacial score (nSPS) is 18.0. The van der Waals surface area contributed by atoms with Gasteiger partial charge in [0.15, 0.2) is 5.65 Å². The molecule has 1 aromatic carbocycles. The van der Waals surface area contributed by atoms with Crippen LogP contribution in [0.15, 0.2) is 36.8 Å². The van der Waals surface area contributed by atoms with Gasteiger partial charge in [-0.05, 0) is 38.0 Å². The van der Waals surface area contributed by atoms with Gasteiger partial charge in [0.2, 0.25) is 5.88 Å². The molecule has 0 spiro atoms. The first-order chi connectivity index (χ1) is 11.1. The number of halogens is 1. The predicted molar refractivity (Wildman–Crippen MR) is 91.6 cm³/mol. The summed E-state index contributed by atoms with van der Waals surface area (Å²) < 4.78 is 1.96. The van der Waals surface area contributed by atoms with Crippen LogP contribution in [0.3, 0.4) is 0 Å². The molecule has 4 rings (SSSR count). The SMILES string of the molecule is C[C@H]1CCCN1c1cn(-c2cccc(Cl)c2)c2ncnc(O)c12. The number of hydrogen-bond donors (Lipinski definition) is 1. The molecule has 2 aromatic heterocycles. The Bertz CT molecular complexity index is 876. The lowest BCUT2D eigenvalue weighted by atomic mass is 10.2. The fourth-order valence-electron chi connectivity index (χ4n) is 3.36. The molecule has 1 aliphatic heterocycles. The topological polar surface area (TPSA) is 54.2 Å². The zero-order chi connectivity index (χ0) is 16.0. The third-order valence-corrected chi connectivity index (χ3v) is 4.73. The molecular weight excluding hydrogens is 312 g/mol. The van der Waals surface area contributed by atoms with E-state index in [2.05, 4.69) is 21.8 Å². The molecule has 3 aromatic rings. The number of benzene rings is 1. The maximum absolute atomic E-state index is 10.3. The van der Waals surface area contributed by atoms with Crippen LogP contribution in [0, 0.1) is 0 Å². The standard InChI is InChI=1S/C17H17ClN4O/c1-11-4-3-7-21(11)14-9-22(13-6-2-5-12(18)8-13)16-15(14)17(23)20-10-19-16/h2,5-6,8-11H,3-4,7H2,1H3,(H,19,20,23)/t11-/m0/s1. The van der Waals surface area contributed by atoms with Crippen molar-refractivity contribution < 1.29 is 5.11 Å². The second kappa shape index (κ2) is 5.42. The maximum Gasteiger partial charge on any atom is 0.225 e. The summed E-state index contributed by atoms with van der Waals surface area (Å²) in [5, 5.41) is 11.7. The summed E-state index contributed by atoms with van der Waals surface area (Å²) in [6.07, 6.45) is 5.71. The molecule has 0 amide bonds. The highest BCUT2D eigenvalue weighted by Crippen LogP contribution is 2.38. The summed E-state index contributed by atoms with van der Waals surface area (Å²) in [5.41, 5.74) is 2.58. The second-order valence-electron chi connectivity index (χ2n) is 5.94. The smallest absolute Gasteiger partial charge is 0.225 e. The van der Waals surface area contributed by atoms with E-state index in [4.69, 9.17) is 11.6 Å². The van der Waals surface area contributed by atoms with E-state index in [0.717, 1.165) is 30.8 Å². The van der Waals surface area contributed by atoms with Crippen molar-refractivity contribution in [2.24, 2.45) is 0 Å². The number of fused-ring (bicyclic) bond motifs is 1. The molecule has 1 atom stereocenters. The van der Waals surface area contributed by atoms with Crippen molar-refractivity contribution in [2.45, 2.75) is 25.8 Å². The minimum atomic E-state index is 0.0184. The van der Waals surface area contributed by atoms with Crippen LogP contribution in [-0.4, -0.2) is 32.2 Å². The van der Waals surface area contributed by atoms with Gasteiger partial charge in [-0.2, -0.15) is 0 Å². The summed E-state index contributed by atoms with van der Waals surface area (Å²) in [7, 11) is 0. The maximum atomic E-state index is 10.3. The van der Waals surface area contributed by atoms with Gasteiger partial charge >= 0.3 is 0 Å².